The molecule has 0 amide bonds. The lowest BCUT2D eigenvalue weighted by Crippen LogP contribution is -2.31. The number of carbonyl (C=O) groups excluding carboxylic acids is 1. The van der Waals surface area contributed by atoms with Gasteiger partial charge in [-0.2, -0.15) is 0 Å². The lowest BCUT2D eigenvalue weighted by Gasteiger charge is -2.19. The average Bonchev–Trinajstić information content (AvgIpc) is 2.64. The summed E-state index contributed by atoms with van der Waals surface area (Å²) in [6.07, 6.45) is 1.02. The Morgan fingerprint density at radius 3 is 2.82 bits per heavy atom. The minimum Gasteiger partial charge on any atom is -0.465 e. The van der Waals surface area contributed by atoms with E-state index in [0.29, 0.717) is 13.2 Å². The third-order valence-corrected chi connectivity index (χ3v) is 3.07. The van der Waals surface area contributed by atoms with Crippen molar-refractivity contribution >= 4 is 17.3 Å². The average molecular weight is 256 g/mol. The highest BCUT2D eigenvalue weighted by Gasteiger charge is 2.12. The first-order valence-corrected chi connectivity index (χ1v) is 6.82. The van der Waals surface area contributed by atoms with Crippen molar-refractivity contribution in [3.63, 3.8) is 0 Å². The number of hydrogen-bond acceptors (Lipinski definition) is 5. The van der Waals surface area contributed by atoms with E-state index in [-0.39, 0.29) is 5.97 Å². The molecule has 0 N–H and O–H groups in total. The quantitative estimate of drug-likeness (QED) is 0.702. The van der Waals surface area contributed by atoms with Crippen LogP contribution in [0.5, 0.6) is 0 Å². The molecular weight excluding hydrogens is 236 g/mol. The number of aromatic nitrogens is 1. The summed E-state index contributed by atoms with van der Waals surface area (Å²) < 4.78 is 4.96. The molecule has 1 aromatic heterocycles. The van der Waals surface area contributed by atoms with Gasteiger partial charge in [0.25, 0.3) is 0 Å². The van der Waals surface area contributed by atoms with E-state index in [1.807, 2.05) is 19.2 Å². The van der Waals surface area contributed by atoms with E-state index in [0.717, 1.165) is 30.2 Å². The summed E-state index contributed by atoms with van der Waals surface area (Å²) in [6.45, 7) is 8.30. The third-order valence-electron chi connectivity index (χ3n) is 2.25. The highest BCUT2D eigenvalue weighted by molar-refractivity contribution is 7.09. The van der Waals surface area contributed by atoms with E-state index in [2.05, 4.69) is 16.8 Å². The van der Waals surface area contributed by atoms with Crippen LogP contribution in [0.2, 0.25) is 0 Å². The molecule has 0 unspecified atom stereocenters. The number of hydrogen-bond donors (Lipinski definition) is 0. The molecule has 0 radical (unpaired) electrons. The van der Waals surface area contributed by atoms with Gasteiger partial charge >= 0.3 is 5.97 Å². The van der Waals surface area contributed by atoms with Crippen LogP contribution in [-0.2, 0) is 16.1 Å². The number of aryl methyl sites for hydroxylation is 1. The zero-order valence-electron chi connectivity index (χ0n) is 10.7. The van der Waals surface area contributed by atoms with Crippen molar-refractivity contribution in [2.75, 3.05) is 19.7 Å². The van der Waals surface area contributed by atoms with Gasteiger partial charge in [-0.3, -0.25) is 9.69 Å². The Morgan fingerprint density at radius 2 is 2.29 bits per heavy atom. The molecule has 0 aromatic carbocycles. The molecule has 96 valence electrons. The zero-order valence-corrected chi connectivity index (χ0v) is 11.5. The topological polar surface area (TPSA) is 42.4 Å². The summed E-state index contributed by atoms with van der Waals surface area (Å²) in [6, 6.07) is 0. The van der Waals surface area contributed by atoms with Gasteiger partial charge in [-0.05, 0) is 26.8 Å². The van der Waals surface area contributed by atoms with E-state index in [1.165, 1.54) is 0 Å². The number of esters is 1. The predicted molar refractivity (Wildman–Crippen MR) is 69.1 cm³/mol. The maximum Gasteiger partial charge on any atom is 0.320 e. The van der Waals surface area contributed by atoms with Gasteiger partial charge < -0.3 is 4.74 Å². The Bertz CT molecular complexity index is 352. The van der Waals surface area contributed by atoms with Gasteiger partial charge in [0.15, 0.2) is 0 Å². The Labute approximate surface area is 107 Å². The van der Waals surface area contributed by atoms with Crippen molar-refractivity contribution in [3.8, 4) is 0 Å². The molecule has 1 rings (SSSR count). The summed E-state index contributed by atoms with van der Waals surface area (Å²) in [5.41, 5.74) is 1.03. The van der Waals surface area contributed by atoms with Crippen LogP contribution < -0.4 is 0 Å². The molecule has 1 heterocycles. The van der Waals surface area contributed by atoms with Gasteiger partial charge in [-0.15, -0.1) is 11.3 Å². The van der Waals surface area contributed by atoms with E-state index in [4.69, 9.17) is 4.74 Å². The van der Waals surface area contributed by atoms with E-state index >= 15 is 0 Å². The van der Waals surface area contributed by atoms with Crippen LogP contribution in [0.1, 0.15) is 31.0 Å². The van der Waals surface area contributed by atoms with Crippen molar-refractivity contribution in [2.24, 2.45) is 0 Å². The first kappa shape index (κ1) is 14.1. The van der Waals surface area contributed by atoms with Gasteiger partial charge in [0, 0.05) is 11.9 Å². The fourth-order valence-electron chi connectivity index (χ4n) is 1.63. The molecule has 0 saturated carbocycles. The molecule has 0 aliphatic heterocycles. The molecule has 0 fully saturated rings. The molecule has 1 aromatic rings. The monoisotopic (exact) mass is 256 g/mol. The van der Waals surface area contributed by atoms with Crippen LogP contribution in [0.4, 0.5) is 0 Å². The summed E-state index contributed by atoms with van der Waals surface area (Å²) in [4.78, 5) is 17.9. The molecule has 0 atom stereocenters. The highest BCUT2D eigenvalue weighted by Crippen LogP contribution is 2.10. The van der Waals surface area contributed by atoms with Crippen molar-refractivity contribution < 1.29 is 9.53 Å². The van der Waals surface area contributed by atoms with Gasteiger partial charge in [-0.25, -0.2) is 4.98 Å². The van der Waals surface area contributed by atoms with Crippen LogP contribution in [0.15, 0.2) is 5.38 Å². The molecule has 0 aliphatic carbocycles. The van der Waals surface area contributed by atoms with Crippen LogP contribution in [0.25, 0.3) is 0 Å². The first-order chi connectivity index (χ1) is 8.15. The number of thiazole rings is 1. The van der Waals surface area contributed by atoms with Crippen molar-refractivity contribution in [1.82, 2.24) is 9.88 Å². The second-order valence-electron chi connectivity index (χ2n) is 3.87. The molecular formula is C12H20N2O2S. The molecule has 4 nitrogen and oxygen atoms in total. The van der Waals surface area contributed by atoms with E-state index in [9.17, 15) is 4.79 Å². The molecule has 0 saturated heterocycles. The second kappa shape index (κ2) is 7.40. The van der Waals surface area contributed by atoms with Crippen LogP contribution in [0.3, 0.4) is 0 Å². The second-order valence-corrected chi connectivity index (χ2v) is 4.94. The van der Waals surface area contributed by atoms with Crippen LogP contribution in [0, 0.1) is 6.92 Å². The van der Waals surface area contributed by atoms with Gasteiger partial charge in [0.1, 0.15) is 0 Å². The largest absolute Gasteiger partial charge is 0.465 e. The summed E-state index contributed by atoms with van der Waals surface area (Å²) in [7, 11) is 0. The number of carbonyl (C=O) groups is 1. The maximum absolute atomic E-state index is 11.4. The van der Waals surface area contributed by atoms with Crippen LogP contribution >= 0.6 is 11.3 Å². The number of nitrogens with zero attached hydrogens (tertiary/aromatic N) is 2. The Hall–Kier alpha value is -0.940. The summed E-state index contributed by atoms with van der Waals surface area (Å²) >= 11 is 1.64. The fraction of sp³-hybridized carbons (Fsp3) is 0.667. The fourth-order valence-corrected chi connectivity index (χ4v) is 2.23. The Kier molecular flexibility index (Phi) is 6.15. The lowest BCUT2D eigenvalue weighted by atomic mass is 10.3. The van der Waals surface area contributed by atoms with E-state index in [1.54, 1.807) is 11.3 Å². The molecule has 5 heteroatoms. The third kappa shape index (κ3) is 5.28. The molecule has 0 aliphatic rings. The summed E-state index contributed by atoms with van der Waals surface area (Å²) in [5, 5.41) is 3.11. The van der Waals surface area contributed by atoms with Crippen LogP contribution in [-0.4, -0.2) is 35.5 Å². The predicted octanol–water partition coefficient (Wildman–Crippen LogP) is 2.23. The first-order valence-electron chi connectivity index (χ1n) is 5.94. The normalized spacial score (nSPS) is 10.8. The molecule has 17 heavy (non-hydrogen) atoms. The van der Waals surface area contributed by atoms with Crippen molar-refractivity contribution in [1.29, 1.82) is 0 Å². The lowest BCUT2D eigenvalue weighted by molar-refractivity contribution is -0.144. The molecule has 0 bridgehead atoms. The standard InChI is InChI=1S/C12H20N2O2S/c1-4-6-14(8-12(15)16-5-2)7-11-9-17-10(3)13-11/h9H,4-8H2,1-3H3. The SMILES string of the molecule is CCCN(CC(=O)OCC)Cc1csc(C)n1. The number of rotatable bonds is 7. The maximum atomic E-state index is 11.4. The zero-order chi connectivity index (χ0) is 12.7. The Morgan fingerprint density at radius 1 is 1.53 bits per heavy atom. The minimum atomic E-state index is -0.159. The Balaban J connectivity index is 2.50. The summed E-state index contributed by atoms with van der Waals surface area (Å²) in [5.74, 6) is -0.159. The number of ether oxygens (including phenoxy) is 1. The van der Waals surface area contributed by atoms with Gasteiger partial charge in [0.05, 0.1) is 23.9 Å². The van der Waals surface area contributed by atoms with E-state index < -0.39 is 0 Å². The smallest absolute Gasteiger partial charge is 0.320 e. The van der Waals surface area contributed by atoms with Gasteiger partial charge in [0.2, 0.25) is 0 Å². The molecule has 0 spiro atoms. The minimum absolute atomic E-state index is 0.159. The van der Waals surface area contributed by atoms with Crippen molar-refractivity contribution in [2.45, 2.75) is 33.7 Å². The van der Waals surface area contributed by atoms with Crippen molar-refractivity contribution in [3.05, 3.63) is 16.1 Å². The van der Waals surface area contributed by atoms with Gasteiger partial charge in [-0.1, -0.05) is 6.92 Å². The highest BCUT2D eigenvalue weighted by atomic mass is 32.1.